The minimum atomic E-state index is -4.31. The highest BCUT2D eigenvalue weighted by molar-refractivity contribution is 5.76. The molecular formula is C14H16F3NO. The van der Waals surface area contributed by atoms with Gasteiger partial charge in [-0.25, -0.2) is 0 Å². The van der Waals surface area contributed by atoms with Crippen molar-refractivity contribution in [1.82, 2.24) is 4.90 Å². The van der Waals surface area contributed by atoms with E-state index >= 15 is 0 Å². The summed E-state index contributed by atoms with van der Waals surface area (Å²) in [6, 6.07) is 5.30. The summed E-state index contributed by atoms with van der Waals surface area (Å²) >= 11 is 0. The van der Waals surface area contributed by atoms with Crippen molar-refractivity contribution in [1.29, 1.82) is 0 Å². The lowest BCUT2D eigenvalue weighted by Crippen LogP contribution is -2.31. The number of hydrogen-bond donors (Lipinski definition) is 0. The van der Waals surface area contributed by atoms with Crippen LogP contribution in [0.4, 0.5) is 13.2 Å². The number of nitrogens with zero attached hydrogens (tertiary/aromatic N) is 1. The molecule has 0 radical (unpaired) electrons. The summed E-state index contributed by atoms with van der Waals surface area (Å²) in [6.45, 7) is 2.19. The van der Waals surface area contributed by atoms with E-state index in [1.807, 2.05) is 0 Å². The van der Waals surface area contributed by atoms with Crippen molar-refractivity contribution in [3.8, 4) is 0 Å². The quantitative estimate of drug-likeness (QED) is 0.819. The Kier molecular flexibility index (Phi) is 3.83. The number of carbonyl (C=O) groups is 1. The fraction of sp³-hybridized carbons (Fsp3) is 0.500. The molecule has 0 atom stereocenters. The molecule has 1 aliphatic rings. The SMILES string of the molecule is CCC(=O)N(Cc1ccc(C(F)(F)F)cc1)C1CC1. The zero-order chi connectivity index (χ0) is 14.0. The van der Waals surface area contributed by atoms with Gasteiger partial charge in [0.25, 0.3) is 0 Å². The van der Waals surface area contributed by atoms with E-state index in [1.165, 1.54) is 12.1 Å². The van der Waals surface area contributed by atoms with Crippen LogP contribution in [0.3, 0.4) is 0 Å². The van der Waals surface area contributed by atoms with Crippen LogP contribution in [0.25, 0.3) is 0 Å². The molecule has 1 fully saturated rings. The fourth-order valence-electron chi connectivity index (χ4n) is 2.01. The number of alkyl halides is 3. The Labute approximate surface area is 110 Å². The molecule has 0 N–H and O–H groups in total. The molecule has 1 amide bonds. The van der Waals surface area contributed by atoms with E-state index in [1.54, 1.807) is 11.8 Å². The van der Waals surface area contributed by atoms with Crippen molar-refractivity contribution >= 4 is 5.91 Å². The third-order valence-corrected chi connectivity index (χ3v) is 3.24. The molecule has 1 aromatic carbocycles. The van der Waals surface area contributed by atoms with E-state index in [0.717, 1.165) is 30.5 Å². The molecule has 2 nitrogen and oxygen atoms in total. The summed E-state index contributed by atoms with van der Waals surface area (Å²) in [7, 11) is 0. The van der Waals surface area contributed by atoms with E-state index in [-0.39, 0.29) is 11.9 Å². The Morgan fingerprint density at radius 3 is 2.26 bits per heavy atom. The van der Waals surface area contributed by atoms with Crippen LogP contribution in [0.15, 0.2) is 24.3 Å². The first-order valence-corrected chi connectivity index (χ1v) is 6.37. The van der Waals surface area contributed by atoms with Gasteiger partial charge in [-0.05, 0) is 30.5 Å². The summed E-state index contributed by atoms with van der Waals surface area (Å²) in [6.07, 6.45) is -1.90. The fourth-order valence-corrected chi connectivity index (χ4v) is 2.01. The highest BCUT2D eigenvalue weighted by atomic mass is 19.4. The molecule has 0 aliphatic heterocycles. The van der Waals surface area contributed by atoms with Gasteiger partial charge in [0.15, 0.2) is 0 Å². The summed E-state index contributed by atoms with van der Waals surface area (Å²) in [5.74, 6) is 0.0578. The minimum Gasteiger partial charge on any atom is -0.335 e. The predicted octanol–water partition coefficient (Wildman–Crippen LogP) is 3.61. The highest BCUT2D eigenvalue weighted by Crippen LogP contribution is 2.31. The molecule has 2 rings (SSSR count). The Hall–Kier alpha value is -1.52. The van der Waals surface area contributed by atoms with Gasteiger partial charge in [0.05, 0.1) is 5.56 Å². The number of carbonyl (C=O) groups excluding carboxylic acids is 1. The van der Waals surface area contributed by atoms with Gasteiger partial charge in [-0.3, -0.25) is 4.79 Å². The van der Waals surface area contributed by atoms with Crippen molar-refractivity contribution in [2.75, 3.05) is 0 Å². The zero-order valence-electron chi connectivity index (χ0n) is 10.7. The summed E-state index contributed by atoms with van der Waals surface area (Å²) in [5, 5.41) is 0. The molecule has 1 aliphatic carbocycles. The predicted molar refractivity (Wildman–Crippen MR) is 65.3 cm³/mol. The molecule has 0 unspecified atom stereocenters. The zero-order valence-corrected chi connectivity index (χ0v) is 10.7. The van der Waals surface area contributed by atoms with Gasteiger partial charge in [-0.2, -0.15) is 13.2 Å². The van der Waals surface area contributed by atoms with Crippen LogP contribution in [-0.4, -0.2) is 16.8 Å². The smallest absolute Gasteiger partial charge is 0.335 e. The standard InChI is InChI=1S/C14H16F3NO/c1-2-13(19)18(12-7-8-12)9-10-3-5-11(6-4-10)14(15,16)17/h3-6,12H,2,7-9H2,1H3. The topological polar surface area (TPSA) is 20.3 Å². The van der Waals surface area contributed by atoms with Crippen LogP contribution in [0.5, 0.6) is 0 Å². The van der Waals surface area contributed by atoms with Crippen LogP contribution >= 0.6 is 0 Å². The molecule has 104 valence electrons. The second kappa shape index (κ2) is 5.23. The molecule has 1 aromatic rings. The van der Waals surface area contributed by atoms with Gasteiger partial charge in [-0.1, -0.05) is 19.1 Å². The molecule has 1 saturated carbocycles. The van der Waals surface area contributed by atoms with Crippen LogP contribution in [0.2, 0.25) is 0 Å². The third kappa shape index (κ3) is 3.49. The molecular weight excluding hydrogens is 255 g/mol. The maximum Gasteiger partial charge on any atom is 0.416 e. The second-order valence-corrected chi connectivity index (χ2v) is 4.80. The Morgan fingerprint density at radius 2 is 1.84 bits per heavy atom. The van der Waals surface area contributed by atoms with Crippen molar-refractivity contribution in [3.63, 3.8) is 0 Å². The van der Waals surface area contributed by atoms with Gasteiger partial charge in [0, 0.05) is 19.0 Å². The monoisotopic (exact) mass is 271 g/mol. The lowest BCUT2D eigenvalue weighted by Gasteiger charge is -2.22. The summed E-state index contributed by atoms with van der Waals surface area (Å²) in [5.41, 5.74) is 0.0812. The lowest BCUT2D eigenvalue weighted by atomic mass is 10.1. The third-order valence-electron chi connectivity index (χ3n) is 3.24. The van der Waals surface area contributed by atoms with E-state index < -0.39 is 11.7 Å². The van der Waals surface area contributed by atoms with Crippen LogP contribution in [0.1, 0.15) is 37.3 Å². The van der Waals surface area contributed by atoms with Crippen molar-refractivity contribution in [3.05, 3.63) is 35.4 Å². The van der Waals surface area contributed by atoms with E-state index in [4.69, 9.17) is 0 Å². The molecule has 0 spiro atoms. The van der Waals surface area contributed by atoms with Crippen LogP contribution in [0, 0.1) is 0 Å². The largest absolute Gasteiger partial charge is 0.416 e. The molecule has 0 bridgehead atoms. The summed E-state index contributed by atoms with van der Waals surface area (Å²) in [4.78, 5) is 13.5. The van der Waals surface area contributed by atoms with Gasteiger partial charge >= 0.3 is 6.18 Å². The number of rotatable bonds is 4. The Balaban J connectivity index is 2.07. The molecule has 5 heteroatoms. The van der Waals surface area contributed by atoms with Crippen molar-refractivity contribution in [2.24, 2.45) is 0 Å². The first-order chi connectivity index (χ1) is 8.91. The van der Waals surface area contributed by atoms with E-state index in [2.05, 4.69) is 0 Å². The number of hydrogen-bond acceptors (Lipinski definition) is 1. The Morgan fingerprint density at radius 1 is 1.26 bits per heavy atom. The van der Waals surface area contributed by atoms with Crippen molar-refractivity contribution < 1.29 is 18.0 Å². The maximum absolute atomic E-state index is 12.4. The first-order valence-electron chi connectivity index (χ1n) is 6.37. The van der Waals surface area contributed by atoms with Gasteiger partial charge in [0.1, 0.15) is 0 Å². The average Bonchev–Trinajstić information content (AvgIpc) is 3.19. The molecule has 19 heavy (non-hydrogen) atoms. The van der Waals surface area contributed by atoms with Gasteiger partial charge in [-0.15, -0.1) is 0 Å². The average molecular weight is 271 g/mol. The normalized spacial score (nSPS) is 15.4. The maximum atomic E-state index is 12.4. The number of benzene rings is 1. The highest BCUT2D eigenvalue weighted by Gasteiger charge is 2.32. The minimum absolute atomic E-state index is 0.0578. The van der Waals surface area contributed by atoms with Crippen LogP contribution in [-0.2, 0) is 17.5 Å². The van der Waals surface area contributed by atoms with Crippen molar-refractivity contribution in [2.45, 2.75) is 44.9 Å². The van der Waals surface area contributed by atoms with E-state index in [9.17, 15) is 18.0 Å². The number of halogens is 3. The van der Waals surface area contributed by atoms with Crippen LogP contribution < -0.4 is 0 Å². The second-order valence-electron chi connectivity index (χ2n) is 4.80. The lowest BCUT2D eigenvalue weighted by molar-refractivity contribution is -0.137. The Bertz CT molecular complexity index is 449. The van der Waals surface area contributed by atoms with Gasteiger partial charge in [0.2, 0.25) is 5.91 Å². The summed E-state index contributed by atoms with van der Waals surface area (Å²) < 4.78 is 37.3. The number of amides is 1. The first kappa shape index (κ1) is 13.9. The molecule has 0 saturated heterocycles. The molecule has 0 heterocycles. The molecule has 0 aromatic heterocycles. The van der Waals surface area contributed by atoms with Gasteiger partial charge < -0.3 is 4.90 Å². The van der Waals surface area contributed by atoms with E-state index in [0.29, 0.717) is 13.0 Å².